The molecular weight excluding hydrogens is 269 g/mol. The van der Waals surface area contributed by atoms with Gasteiger partial charge in [-0.25, -0.2) is 9.18 Å². The van der Waals surface area contributed by atoms with Crippen LogP contribution in [0.25, 0.3) is 6.08 Å². The van der Waals surface area contributed by atoms with E-state index < -0.39 is 5.97 Å². The van der Waals surface area contributed by atoms with Gasteiger partial charge in [0.05, 0.1) is 0 Å². The number of halogens is 1. The fraction of sp³-hybridized carbons (Fsp3) is 0.471. The first-order valence-electron chi connectivity index (χ1n) is 7.50. The van der Waals surface area contributed by atoms with E-state index in [0.717, 1.165) is 25.1 Å². The van der Waals surface area contributed by atoms with Gasteiger partial charge in [0, 0.05) is 18.2 Å². The first-order valence-corrected chi connectivity index (χ1v) is 7.50. The van der Waals surface area contributed by atoms with Crippen LogP contribution in [0, 0.1) is 11.7 Å². The summed E-state index contributed by atoms with van der Waals surface area (Å²) in [4.78, 5) is 12.7. The van der Waals surface area contributed by atoms with E-state index in [1.807, 2.05) is 0 Å². The number of rotatable bonds is 5. The minimum Gasteiger partial charge on any atom is -0.478 e. The molecule has 3 nitrogen and oxygen atoms in total. The van der Waals surface area contributed by atoms with E-state index in [9.17, 15) is 9.18 Å². The van der Waals surface area contributed by atoms with Gasteiger partial charge < -0.3 is 5.11 Å². The maximum absolute atomic E-state index is 14.1. The van der Waals surface area contributed by atoms with E-state index in [1.54, 1.807) is 12.1 Å². The molecule has 1 aromatic rings. The minimum absolute atomic E-state index is 0.264. The topological polar surface area (TPSA) is 40.5 Å². The van der Waals surface area contributed by atoms with E-state index in [-0.39, 0.29) is 5.82 Å². The lowest BCUT2D eigenvalue weighted by Crippen LogP contribution is -2.33. The van der Waals surface area contributed by atoms with E-state index in [0.29, 0.717) is 17.7 Å². The molecule has 0 bridgehead atoms. The molecule has 0 radical (unpaired) electrons. The van der Waals surface area contributed by atoms with Crippen molar-refractivity contribution in [2.75, 3.05) is 13.1 Å². The van der Waals surface area contributed by atoms with Gasteiger partial charge in [0.25, 0.3) is 0 Å². The van der Waals surface area contributed by atoms with Crippen LogP contribution in [0.1, 0.15) is 37.3 Å². The summed E-state index contributed by atoms with van der Waals surface area (Å²) >= 11 is 0. The van der Waals surface area contributed by atoms with Crippen LogP contribution >= 0.6 is 0 Å². The smallest absolute Gasteiger partial charge is 0.328 e. The predicted molar refractivity (Wildman–Crippen MR) is 81.4 cm³/mol. The van der Waals surface area contributed by atoms with Gasteiger partial charge in [0.15, 0.2) is 0 Å². The van der Waals surface area contributed by atoms with Crippen LogP contribution in [-0.2, 0) is 11.3 Å². The predicted octanol–water partition coefficient (Wildman–Crippen LogP) is 3.55. The van der Waals surface area contributed by atoms with Crippen LogP contribution in [0.2, 0.25) is 0 Å². The van der Waals surface area contributed by atoms with Crippen molar-refractivity contribution in [3.63, 3.8) is 0 Å². The van der Waals surface area contributed by atoms with Gasteiger partial charge >= 0.3 is 5.97 Å². The van der Waals surface area contributed by atoms with Crippen molar-refractivity contribution in [3.8, 4) is 0 Å². The third-order valence-corrected chi connectivity index (χ3v) is 4.17. The monoisotopic (exact) mass is 291 g/mol. The minimum atomic E-state index is -1.03. The Labute approximate surface area is 125 Å². The van der Waals surface area contributed by atoms with E-state index in [1.165, 1.54) is 31.4 Å². The van der Waals surface area contributed by atoms with Crippen molar-refractivity contribution in [1.82, 2.24) is 4.90 Å². The van der Waals surface area contributed by atoms with Gasteiger partial charge in [-0.15, -0.1) is 0 Å². The molecule has 1 heterocycles. The maximum Gasteiger partial charge on any atom is 0.328 e. The Morgan fingerprint density at radius 2 is 2.14 bits per heavy atom. The van der Waals surface area contributed by atoms with E-state index in [4.69, 9.17) is 5.11 Å². The van der Waals surface area contributed by atoms with Crippen molar-refractivity contribution >= 4 is 12.0 Å². The molecule has 1 fully saturated rings. The Morgan fingerprint density at radius 3 is 2.71 bits per heavy atom. The second-order valence-electron chi connectivity index (χ2n) is 5.65. The van der Waals surface area contributed by atoms with Crippen molar-refractivity contribution in [2.45, 2.75) is 32.7 Å². The zero-order valence-electron chi connectivity index (χ0n) is 12.4. The largest absolute Gasteiger partial charge is 0.478 e. The highest BCUT2D eigenvalue weighted by atomic mass is 19.1. The quantitative estimate of drug-likeness (QED) is 0.843. The van der Waals surface area contributed by atoms with Gasteiger partial charge in [-0.2, -0.15) is 0 Å². The first kappa shape index (κ1) is 15.7. The average Bonchev–Trinajstić information content (AvgIpc) is 2.48. The molecule has 0 aromatic heterocycles. The number of likely N-dealkylation sites (tertiary alicyclic amines) is 1. The number of benzene rings is 1. The molecule has 0 spiro atoms. The Bertz CT molecular complexity index is 520. The van der Waals surface area contributed by atoms with Crippen molar-refractivity contribution in [2.24, 2.45) is 5.92 Å². The average molecular weight is 291 g/mol. The third-order valence-electron chi connectivity index (χ3n) is 4.17. The highest BCUT2D eigenvalue weighted by Crippen LogP contribution is 2.22. The Hall–Kier alpha value is -1.68. The molecule has 1 aliphatic rings. The van der Waals surface area contributed by atoms with Crippen molar-refractivity contribution in [1.29, 1.82) is 0 Å². The fourth-order valence-corrected chi connectivity index (χ4v) is 2.76. The first-order chi connectivity index (χ1) is 10.1. The van der Waals surface area contributed by atoms with Crippen LogP contribution < -0.4 is 0 Å². The molecule has 0 amide bonds. The molecule has 114 valence electrons. The highest BCUT2D eigenvalue weighted by Gasteiger charge is 2.18. The molecule has 0 unspecified atom stereocenters. The summed E-state index contributed by atoms with van der Waals surface area (Å²) in [6.45, 7) is 4.91. The molecule has 1 saturated heterocycles. The second kappa shape index (κ2) is 7.36. The SMILES string of the molecule is CCC1CCN(Cc2ccc(C=CC(=O)O)cc2F)CC1. The van der Waals surface area contributed by atoms with Gasteiger partial charge in [-0.3, -0.25) is 4.90 Å². The lowest BCUT2D eigenvalue weighted by atomic mass is 9.94. The Morgan fingerprint density at radius 1 is 1.43 bits per heavy atom. The number of hydrogen-bond acceptors (Lipinski definition) is 2. The Kier molecular flexibility index (Phi) is 5.51. The summed E-state index contributed by atoms with van der Waals surface area (Å²) in [5.74, 6) is -0.479. The fourth-order valence-electron chi connectivity index (χ4n) is 2.76. The normalized spacial score (nSPS) is 17.4. The van der Waals surface area contributed by atoms with Crippen molar-refractivity contribution in [3.05, 3.63) is 41.2 Å². The second-order valence-corrected chi connectivity index (χ2v) is 5.65. The number of carbonyl (C=O) groups is 1. The van der Waals surface area contributed by atoms with Crippen LogP contribution in [0.4, 0.5) is 4.39 Å². The molecule has 1 N–H and O–H groups in total. The molecule has 2 rings (SSSR count). The molecule has 0 saturated carbocycles. The summed E-state index contributed by atoms with van der Waals surface area (Å²) in [6.07, 6.45) is 6.04. The summed E-state index contributed by atoms with van der Waals surface area (Å²) in [5, 5.41) is 8.57. The van der Waals surface area contributed by atoms with Crippen LogP contribution in [0.3, 0.4) is 0 Å². The number of nitrogens with zero attached hydrogens (tertiary/aromatic N) is 1. The van der Waals surface area contributed by atoms with Gasteiger partial charge in [-0.05, 0) is 49.6 Å². The summed E-state index contributed by atoms with van der Waals surface area (Å²) in [6, 6.07) is 4.91. The summed E-state index contributed by atoms with van der Waals surface area (Å²) in [7, 11) is 0. The lowest BCUT2D eigenvalue weighted by molar-refractivity contribution is -0.131. The zero-order valence-corrected chi connectivity index (χ0v) is 12.4. The molecule has 1 aromatic carbocycles. The van der Waals surface area contributed by atoms with Crippen LogP contribution in [-0.4, -0.2) is 29.1 Å². The number of carboxylic acids is 1. The van der Waals surface area contributed by atoms with Crippen LogP contribution in [0.15, 0.2) is 24.3 Å². The number of hydrogen-bond donors (Lipinski definition) is 1. The van der Waals surface area contributed by atoms with E-state index >= 15 is 0 Å². The Balaban J connectivity index is 1.97. The summed E-state index contributed by atoms with van der Waals surface area (Å²) < 4.78 is 14.1. The molecule has 1 aliphatic heterocycles. The molecule has 21 heavy (non-hydrogen) atoms. The highest BCUT2D eigenvalue weighted by molar-refractivity contribution is 5.85. The molecule has 0 atom stereocenters. The number of piperidine rings is 1. The van der Waals surface area contributed by atoms with Crippen LogP contribution in [0.5, 0.6) is 0 Å². The number of aliphatic carboxylic acids is 1. The summed E-state index contributed by atoms with van der Waals surface area (Å²) in [5.41, 5.74) is 1.25. The molecule has 0 aliphatic carbocycles. The standard InChI is InChI=1S/C17H22FNO2/c1-2-13-7-9-19(10-8-13)12-15-5-3-14(11-16(15)18)4-6-17(20)21/h3-6,11,13H,2,7-10,12H2,1H3,(H,20,21). The molecular formula is C17H22FNO2. The van der Waals surface area contributed by atoms with Gasteiger partial charge in [-0.1, -0.05) is 25.5 Å². The lowest BCUT2D eigenvalue weighted by Gasteiger charge is -2.31. The zero-order chi connectivity index (χ0) is 15.2. The van der Waals surface area contributed by atoms with Gasteiger partial charge in [0.1, 0.15) is 5.82 Å². The number of carboxylic acid groups (broad SMARTS) is 1. The maximum atomic E-state index is 14.1. The van der Waals surface area contributed by atoms with Gasteiger partial charge in [0.2, 0.25) is 0 Å². The van der Waals surface area contributed by atoms with E-state index in [2.05, 4.69) is 11.8 Å². The van der Waals surface area contributed by atoms with Crippen molar-refractivity contribution < 1.29 is 14.3 Å². The third kappa shape index (κ3) is 4.67. The molecule has 4 heteroatoms.